The lowest BCUT2D eigenvalue weighted by molar-refractivity contribution is 0.236. The van der Waals surface area contributed by atoms with Gasteiger partial charge in [0.25, 0.3) is 0 Å². The van der Waals surface area contributed by atoms with E-state index in [1.807, 2.05) is 36.4 Å². The molecule has 1 aromatic rings. The number of nitrogens with zero attached hydrogens (tertiary/aromatic N) is 1. The molecule has 98 valence electrons. The summed E-state index contributed by atoms with van der Waals surface area (Å²) < 4.78 is 5.64. The molecule has 1 aromatic carbocycles. The summed E-state index contributed by atoms with van der Waals surface area (Å²) in [6, 6.07) is 7.47. The molecule has 0 fully saturated rings. The number of hydrogen-bond donors (Lipinski definition) is 1. The van der Waals surface area contributed by atoms with Gasteiger partial charge in [-0.2, -0.15) is 0 Å². The number of rotatable bonds is 9. The maximum absolute atomic E-state index is 8.93. The van der Waals surface area contributed by atoms with Gasteiger partial charge in [0.15, 0.2) is 0 Å². The Bertz CT molecular complexity index is 349. The van der Waals surface area contributed by atoms with Crippen molar-refractivity contribution in [2.45, 2.75) is 6.61 Å². The zero-order valence-electron chi connectivity index (χ0n) is 10.7. The van der Waals surface area contributed by atoms with Gasteiger partial charge in [0.1, 0.15) is 12.4 Å². The lowest BCUT2D eigenvalue weighted by Crippen LogP contribution is -2.28. The van der Waals surface area contributed by atoms with E-state index in [0.29, 0.717) is 6.61 Å². The Hall–Kier alpha value is -1.58. The molecule has 18 heavy (non-hydrogen) atoms. The molecule has 0 heterocycles. The molecule has 3 heteroatoms. The summed E-state index contributed by atoms with van der Waals surface area (Å²) in [6.45, 7) is 10.6. The first-order valence-electron chi connectivity index (χ1n) is 6.07. The first kappa shape index (κ1) is 14.5. The van der Waals surface area contributed by atoms with Crippen LogP contribution in [0.4, 0.5) is 0 Å². The summed E-state index contributed by atoms with van der Waals surface area (Å²) in [6.07, 6.45) is 3.75. The summed E-state index contributed by atoms with van der Waals surface area (Å²) in [5, 5.41) is 8.93. The average molecular weight is 247 g/mol. The molecule has 0 unspecified atom stereocenters. The van der Waals surface area contributed by atoms with Crippen molar-refractivity contribution in [2.24, 2.45) is 0 Å². The van der Waals surface area contributed by atoms with Gasteiger partial charge >= 0.3 is 0 Å². The van der Waals surface area contributed by atoms with Gasteiger partial charge in [0, 0.05) is 19.6 Å². The van der Waals surface area contributed by atoms with E-state index in [4.69, 9.17) is 9.84 Å². The molecule has 3 nitrogen and oxygen atoms in total. The zero-order chi connectivity index (χ0) is 13.2. The predicted octanol–water partition coefficient (Wildman–Crippen LogP) is 2.23. The monoisotopic (exact) mass is 247 g/mol. The van der Waals surface area contributed by atoms with Gasteiger partial charge < -0.3 is 9.84 Å². The molecular weight excluding hydrogens is 226 g/mol. The minimum absolute atomic E-state index is 0.0622. The molecule has 0 amide bonds. The smallest absolute Gasteiger partial charge is 0.119 e. The molecule has 0 bridgehead atoms. The first-order valence-corrected chi connectivity index (χ1v) is 6.07. The molecule has 0 saturated carbocycles. The highest BCUT2D eigenvalue weighted by Crippen LogP contribution is 2.11. The lowest BCUT2D eigenvalue weighted by Gasteiger charge is -2.18. The van der Waals surface area contributed by atoms with E-state index in [-0.39, 0.29) is 6.61 Å². The maximum atomic E-state index is 8.93. The number of benzene rings is 1. The number of hydrogen-bond acceptors (Lipinski definition) is 3. The molecule has 1 N–H and O–H groups in total. The van der Waals surface area contributed by atoms with Crippen LogP contribution in [0.3, 0.4) is 0 Å². The fourth-order valence-electron chi connectivity index (χ4n) is 1.61. The van der Waals surface area contributed by atoms with Crippen LogP contribution >= 0.6 is 0 Å². The van der Waals surface area contributed by atoms with E-state index < -0.39 is 0 Å². The predicted molar refractivity (Wildman–Crippen MR) is 74.7 cm³/mol. The van der Waals surface area contributed by atoms with E-state index in [1.165, 1.54) is 0 Å². The van der Waals surface area contributed by atoms with Gasteiger partial charge in [-0.05, 0) is 17.7 Å². The van der Waals surface area contributed by atoms with Crippen molar-refractivity contribution >= 4 is 0 Å². The minimum Gasteiger partial charge on any atom is -0.492 e. The lowest BCUT2D eigenvalue weighted by atomic mass is 10.2. The fourth-order valence-corrected chi connectivity index (χ4v) is 1.61. The summed E-state index contributed by atoms with van der Waals surface area (Å²) >= 11 is 0. The van der Waals surface area contributed by atoms with Crippen LogP contribution in [0, 0.1) is 0 Å². The summed E-state index contributed by atoms with van der Waals surface area (Å²) in [4.78, 5) is 2.20. The second-order valence-electron chi connectivity index (χ2n) is 3.99. The molecular formula is C15H21NO2. The second kappa shape index (κ2) is 8.50. The van der Waals surface area contributed by atoms with Crippen molar-refractivity contribution in [2.75, 3.05) is 26.2 Å². The van der Waals surface area contributed by atoms with E-state index >= 15 is 0 Å². The molecule has 0 aromatic heterocycles. The van der Waals surface area contributed by atoms with E-state index in [0.717, 1.165) is 30.9 Å². The number of ether oxygens (including phenoxy) is 1. The fraction of sp³-hybridized carbons (Fsp3) is 0.333. The van der Waals surface area contributed by atoms with Crippen LogP contribution in [0.5, 0.6) is 5.75 Å². The molecule has 0 atom stereocenters. The third-order valence-electron chi connectivity index (χ3n) is 2.56. The van der Waals surface area contributed by atoms with Crippen LogP contribution in [0.2, 0.25) is 0 Å². The highest BCUT2D eigenvalue weighted by Gasteiger charge is 2.01. The Morgan fingerprint density at radius 3 is 2.22 bits per heavy atom. The minimum atomic E-state index is 0.0622. The van der Waals surface area contributed by atoms with Crippen molar-refractivity contribution in [3.8, 4) is 5.75 Å². The van der Waals surface area contributed by atoms with Crippen molar-refractivity contribution in [1.29, 1.82) is 0 Å². The molecule has 1 rings (SSSR count). The molecule has 0 aliphatic rings. The van der Waals surface area contributed by atoms with Crippen LogP contribution in [0.25, 0.3) is 0 Å². The van der Waals surface area contributed by atoms with E-state index in [9.17, 15) is 0 Å². The van der Waals surface area contributed by atoms with Gasteiger partial charge in [-0.15, -0.1) is 13.2 Å². The largest absolute Gasteiger partial charge is 0.492 e. The summed E-state index contributed by atoms with van der Waals surface area (Å²) in [5.41, 5.74) is 0.891. The van der Waals surface area contributed by atoms with Crippen LogP contribution in [0.1, 0.15) is 5.56 Å². The van der Waals surface area contributed by atoms with Gasteiger partial charge in [-0.25, -0.2) is 0 Å². The Balaban J connectivity index is 2.34. The quantitative estimate of drug-likeness (QED) is 0.679. The Labute approximate surface area is 109 Å². The van der Waals surface area contributed by atoms with Crippen molar-refractivity contribution in [3.05, 3.63) is 55.1 Å². The van der Waals surface area contributed by atoms with Crippen molar-refractivity contribution in [1.82, 2.24) is 4.90 Å². The summed E-state index contributed by atoms with van der Waals surface area (Å²) in [7, 11) is 0. The molecule has 0 saturated heterocycles. The standard InChI is InChI=1S/C15H21NO2/c1-3-9-16(10-4-2)11-12-18-15-7-5-14(13-17)6-8-15/h3-8,17H,1-2,9-13H2. The Morgan fingerprint density at radius 2 is 1.72 bits per heavy atom. The van der Waals surface area contributed by atoms with Crippen molar-refractivity contribution in [3.63, 3.8) is 0 Å². The number of aliphatic hydroxyl groups is 1. The van der Waals surface area contributed by atoms with Gasteiger partial charge in [-0.3, -0.25) is 4.90 Å². The zero-order valence-corrected chi connectivity index (χ0v) is 10.7. The molecule has 0 radical (unpaired) electrons. The second-order valence-corrected chi connectivity index (χ2v) is 3.99. The van der Waals surface area contributed by atoms with Gasteiger partial charge in [0.05, 0.1) is 6.61 Å². The number of aliphatic hydroxyl groups excluding tert-OH is 1. The Kier molecular flexibility index (Phi) is 6.84. The van der Waals surface area contributed by atoms with E-state index in [1.54, 1.807) is 0 Å². The van der Waals surface area contributed by atoms with Crippen LogP contribution in [-0.4, -0.2) is 36.2 Å². The third kappa shape index (κ3) is 5.17. The van der Waals surface area contributed by atoms with Crippen LogP contribution < -0.4 is 4.74 Å². The Morgan fingerprint density at radius 1 is 1.11 bits per heavy atom. The molecule has 0 spiro atoms. The molecule has 0 aliphatic carbocycles. The average Bonchev–Trinajstić information content (AvgIpc) is 2.40. The van der Waals surface area contributed by atoms with Crippen LogP contribution in [-0.2, 0) is 6.61 Å². The SMILES string of the molecule is C=CCN(CC=C)CCOc1ccc(CO)cc1. The third-order valence-corrected chi connectivity index (χ3v) is 2.56. The van der Waals surface area contributed by atoms with Gasteiger partial charge in [0.2, 0.25) is 0 Å². The van der Waals surface area contributed by atoms with E-state index in [2.05, 4.69) is 18.1 Å². The van der Waals surface area contributed by atoms with Crippen LogP contribution in [0.15, 0.2) is 49.6 Å². The normalized spacial score (nSPS) is 10.3. The van der Waals surface area contributed by atoms with Gasteiger partial charge in [-0.1, -0.05) is 24.3 Å². The van der Waals surface area contributed by atoms with Crippen molar-refractivity contribution < 1.29 is 9.84 Å². The maximum Gasteiger partial charge on any atom is 0.119 e. The topological polar surface area (TPSA) is 32.7 Å². The first-order chi connectivity index (χ1) is 8.80. The highest BCUT2D eigenvalue weighted by atomic mass is 16.5. The molecule has 0 aliphatic heterocycles. The highest BCUT2D eigenvalue weighted by molar-refractivity contribution is 5.26. The summed E-state index contributed by atoms with van der Waals surface area (Å²) in [5.74, 6) is 0.823.